The molecule has 6 aromatic carbocycles. The van der Waals surface area contributed by atoms with Crippen LogP contribution in [0.4, 0.5) is 0 Å². The molecule has 6 heteroatoms. The van der Waals surface area contributed by atoms with Crippen molar-refractivity contribution in [1.82, 2.24) is 24.9 Å². The van der Waals surface area contributed by atoms with Crippen molar-refractivity contribution in [2.45, 2.75) is 0 Å². The first-order chi connectivity index (χ1) is 24.2. The molecule has 0 spiro atoms. The van der Waals surface area contributed by atoms with Crippen molar-refractivity contribution in [3.63, 3.8) is 0 Å². The fourth-order valence-corrected chi connectivity index (χ4v) is 5.56. The highest BCUT2D eigenvalue weighted by molar-refractivity contribution is 5.73. The van der Waals surface area contributed by atoms with E-state index in [1.165, 1.54) is 0 Å². The number of hydrogen-bond donors (Lipinski definition) is 0. The monoisotopic (exact) mass is 631 g/mol. The van der Waals surface area contributed by atoms with E-state index in [0.29, 0.717) is 34.8 Å². The van der Waals surface area contributed by atoms with E-state index in [4.69, 9.17) is 29.7 Å². The van der Waals surface area contributed by atoms with E-state index in [1.54, 1.807) is 0 Å². The fourth-order valence-electron chi connectivity index (χ4n) is 5.56. The topological polar surface area (TPSA) is 73.7 Å². The normalized spacial score (nSPS) is 10.9. The summed E-state index contributed by atoms with van der Waals surface area (Å²) in [6.45, 7) is 0. The quantitative estimate of drug-likeness (QED) is 0.166. The number of rotatable bonds is 8. The van der Waals surface area contributed by atoms with Gasteiger partial charge in [0.1, 0.15) is 11.5 Å². The molecule has 0 saturated heterocycles. The third-order valence-electron chi connectivity index (χ3n) is 7.98. The van der Waals surface area contributed by atoms with Crippen molar-refractivity contribution in [1.29, 1.82) is 0 Å². The van der Waals surface area contributed by atoms with Crippen molar-refractivity contribution in [3.05, 3.63) is 176 Å². The second-order valence-electron chi connectivity index (χ2n) is 11.4. The van der Waals surface area contributed by atoms with Crippen LogP contribution in [0.5, 0.6) is 11.5 Å². The molecule has 0 aliphatic heterocycles. The van der Waals surface area contributed by atoms with Crippen LogP contribution in [0.3, 0.4) is 0 Å². The van der Waals surface area contributed by atoms with E-state index in [0.717, 1.165) is 44.8 Å². The Labute approximate surface area is 284 Å². The Morgan fingerprint density at radius 3 is 1.10 bits per heavy atom. The van der Waals surface area contributed by atoms with Gasteiger partial charge >= 0.3 is 0 Å². The van der Waals surface area contributed by atoms with Crippen LogP contribution < -0.4 is 4.74 Å². The average Bonchev–Trinajstić information content (AvgIpc) is 3.19. The summed E-state index contributed by atoms with van der Waals surface area (Å²) in [5.41, 5.74) is 7.21. The maximum Gasteiger partial charge on any atom is 0.164 e. The lowest BCUT2D eigenvalue weighted by molar-refractivity contribution is 0.483. The molecule has 49 heavy (non-hydrogen) atoms. The van der Waals surface area contributed by atoms with Gasteiger partial charge in [-0.15, -0.1) is 0 Å². The van der Waals surface area contributed by atoms with Crippen molar-refractivity contribution in [2.75, 3.05) is 0 Å². The van der Waals surface area contributed by atoms with Gasteiger partial charge in [0.15, 0.2) is 23.3 Å². The summed E-state index contributed by atoms with van der Waals surface area (Å²) < 4.78 is 6.45. The van der Waals surface area contributed by atoms with E-state index in [-0.39, 0.29) is 0 Å². The Balaban J connectivity index is 1.14. The van der Waals surface area contributed by atoms with E-state index < -0.39 is 0 Å². The highest BCUT2D eigenvalue weighted by Crippen LogP contribution is 2.32. The molecule has 0 aliphatic carbocycles. The van der Waals surface area contributed by atoms with Crippen LogP contribution in [0.2, 0.25) is 0 Å². The number of benzene rings is 6. The van der Waals surface area contributed by atoms with Crippen molar-refractivity contribution in [3.8, 4) is 79.6 Å². The molecule has 2 aromatic heterocycles. The molecule has 0 aliphatic rings. The van der Waals surface area contributed by atoms with Crippen molar-refractivity contribution >= 4 is 0 Å². The molecule has 0 bridgehead atoms. The zero-order valence-corrected chi connectivity index (χ0v) is 26.4. The van der Waals surface area contributed by atoms with Gasteiger partial charge in [0.05, 0.1) is 11.4 Å². The minimum absolute atomic E-state index is 0.565. The van der Waals surface area contributed by atoms with Crippen LogP contribution in [0, 0.1) is 0 Å². The van der Waals surface area contributed by atoms with Gasteiger partial charge in [0.2, 0.25) is 0 Å². The lowest BCUT2D eigenvalue weighted by Crippen LogP contribution is -2.00. The van der Waals surface area contributed by atoms with Gasteiger partial charge < -0.3 is 4.74 Å². The maximum absolute atomic E-state index is 6.45. The minimum Gasteiger partial charge on any atom is -0.457 e. The lowest BCUT2D eigenvalue weighted by atomic mass is 10.1. The molecule has 2 heterocycles. The van der Waals surface area contributed by atoms with Crippen LogP contribution in [-0.4, -0.2) is 24.9 Å². The Hall–Kier alpha value is -6.79. The van der Waals surface area contributed by atoms with Gasteiger partial charge in [-0.05, 0) is 30.3 Å². The summed E-state index contributed by atoms with van der Waals surface area (Å²) in [6.07, 6.45) is 0. The number of aromatic nitrogens is 5. The highest BCUT2D eigenvalue weighted by atomic mass is 16.5. The second-order valence-corrected chi connectivity index (χ2v) is 11.4. The lowest BCUT2D eigenvalue weighted by Gasteiger charge is -2.12. The molecule has 232 valence electrons. The highest BCUT2D eigenvalue weighted by Gasteiger charge is 2.14. The summed E-state index contributed by atoms with van der Waals surface area (Å²) in [6, 6.07) is 57.9. The molecule has 8 aromatic rings. The van der Waals surface area contributed by atoms with Gasteiger partial charge in [0, 0.05) is 33.4 Å². The predicted octanol–water partition coefficient (Wildman–Crippen LogP) is 10.5. The van der Waals surface area contributed by atoms with E-state index in [9.17, 15) is 0 Å². The molecular weight excluding hydrogens is 603 g/mol. The number of hydrogen-bond acceptors (Lipinski definition) is 6. The summed E-state index contributed by atoms with van der Waals surface area (Å²) in [4.78, 5) is 24.5. The molecule has 6 nitrogen and oxygen atoms in total. The maximum atomic E-state index is 6.45. The minimum atomic E-state index is 0.565. The van der Waals surface area contributed by atoms with Gasteiger partial charge in [-0.25, -0.2) is 24.9 Å². The fraction of sp³-hybridized carbons (Fsp3) is 0. The summed E-state index contributed by atoms with van der Waals surface area (Å²) in [5, 5.41) is 0. The van der Waals surface area contributed by atoms with Crippen molar-refractivity contribution < 1.29 is 4.74 Å². The van der Waals surface area contributed by atoms with E-state index in [1.807, 2.05) is 164 Å². The predicted molar refractivity (Wildman–Crippen MR) is 195 cm³/mol. The first-order valence-electron chi connectivity index (χ1n) is 16.0. The average molecular weight is 632 g/mol. The van der Waals surface area contributed by atoms with Crippen molar-refractivity contribution in [2.24, 2.45) is 0 Å². The Bertz CT molecular complexity index is 2070. The Kier molecular flexibility index (Phi) is 8.17. The molecule has 0 radical (unpaired) electrons. The molecular formula is C43H29N5O. The number of nitrogens with zero attached hydrogens (tertiary/aromatic N) is 5. The third-order valence-corrected chi connectivity index (χ3v) is 7.98. The van der Waals surface area contributed by atoms with Crippen LogP contribution in [0.1, 0.15) is 0 Å². The Morgan fingerprint density at radius 2 is 0.612 bits per heavy atom. The molecule has 0 unspecified atom stereocenters. The second kappa shape index (κ2) is 13.5. The van der Waals surface area contributed by atoms with Crippen LogP contribution in [0.25, 0.3) is 68.1 Å². The van der Waals surface area contributed by atoms with Crippen LogP contribution in [-0.2, 0) is 0 Å². The van der Waals surface area contributed by atoms with Gasteiger partial charge in [-0.1, -0.05) is 146 Å². The number of ether oxygens (including phenoxy) is 1. The van der Waals surface area contributed by atoms with Crippen LogP contribution in [0.15, 0.2) is 176 Å². The largest absolute Gasteiger partial charge is 0.457 e. The molecule has 0 fully saturated rings. The molecule has 8 rings (SSSR count). The first-order valence-corrected chi connectivity index (χ1v) is 16.0. The van der Waals surface area contributed by atoms with Gasteiger partial charge in [-0.2, -0.15) is 0 Å². The molecule has 0 atom stereocenters. The van der Waals surface area contributed by atoms with Gasteiger partial charge in [0.25, 0.3) is 0 Å². The summed E-state index contributed by atoms with van der Waals surface area (Å²) in [7, 11) is 0. The van der Waals surface area contributed by atoms with Gasteiger partial charge in [-0.3, -0.25) is 0 Å². The zero-order valence-electron chi connectivity index (χ0n) is 26.4. The Morgan fingerprint density at radius 1 is 0.265 bits per heavy atom. The summed E-state index contributed by atoms with van der Waals surface area (Å²) in [5.74, 6) is 3.79. The molecule has 0 N–H and O–H groups in total. The zero-order chi connectivity index (χ0) is 32.8. The summed E-state index contributed by atoms with van der Waals surface area (Å²) >= 11 is 0. The van der Waals surface area contributed by atoms with E-state index >= 15 is 0 Å². The van der Waals surface area contributed by atoms with E-state index in [2.05, 4.69) is 12.1 Å². The smallest absolute Gasteiger partial charge is 0.164 e. The molecule has 0 saturated carbocycles. The first kappa shape index (κ1) is 29.6. The third kappa shape index (κ3) is 6.70. The molecule has 0 amide bonds. The standard InChI is InChI=1S/C43H29N5O/c1-5-15-30(16-6-1)38-29-39(45-40(44-38)31-17-7-2-8-18-31)34-23-13-25-36(27-34)49-37-26-14-24-35(28-37)43-47-41(32-19-9-3-10-20-32)46-42(48-43)33-21-11-4-12-22-33/h1-29H. The van der Waals surface area contributed by atoms with Crippen LogP contribution >= 0.6 is 0 Å². The SMILES string of the molecule is c1ccc(-c2cc(-c3cccc(Oc4cccc(-c5nc(-c6ccccc6)nc(-c6ccccc6)n5)c4)c3)nc(-c3ccccc3)n2)cc1.